The lowest BCUT2D eigenvalue weighted by atomic mass is 10.4. The number of pyridine rings is 1. The van der Waals surface area contributed by atoms with E-state index in [0.29, 0.717) is 4.47 Å². The quantitative estimate of drug-likeness (QED) is 0.704. The van der Waals surface area contributed by atoms with Gasteiger partial charge in [0.1, 0.15) is 10.8 Å². The number of alkyl halides is 2. The molecule has 0 aliphatic heterocycles. The molecule has 1 rings (SSSR count). The van der Waals surface area contributed by atoms with E-state index in [2.05, 4.69) is 20.9 Å². The van der Waals surface area contributed by atoms with Crippen molar-refractivity contribution in [3.63, 3.8) is 0 Å². The van der Waals surface area contributed by atoms with Crippen LogP contribution < -0.4 is 0 Å². The Morgan fingerprint density at radius 3 is 2.42 bits per heavy atom. The molecular weight excluding hydrogens is 275 g/mol. The van der Waals surface area contributed by atoms with Crippen LogP contribution in [0.2, 0.25) is 10.2 Å². The first-order chi connectivity index (χ1) is 5.52. The molecule has 1 aromatic heterocycles. The summed E-state index contributed by atoms with van der Waals surface area (Å²) in [5.41, 5.74) is -0.423. The van der Waals surface area contributed by atoms with Crippen LogP contribution >= 0.6 is 39.1 Å². The zero-order chi connectivity index (χ0) is 9.30. The monoisotopic (exact) mass is 275 g/mol. The van der Waals surface area contributed by atoms with Crippen LogP contribution in [0.3, 0.4) is 0 Å². The van der Waals surface area contributed by atoms with Gasteiger partial charge in [0, 0.05) is 0 Å². The van der Waals surface area contributed by atoms with Crippen molar-refractivity contribution in [3.8, 4) is 0 Å². The third-order valence-corrected chi connectivity index (χ3v) is 2.95. The fraction of sp³-hybridized carbons (Fsp3) is 0.167. The van der Waals surface area contributed by atoms with Gasteiger partial charge in [-0.15, -0.1) is 0 Å². The van der Waals surface area contributed by atoms with Crippen molar-refractivity contribution in [2.75, 3.05) is 0 Å². The second-order valence-corrected chi connectivity index (χ2v) is 3.49. The van der Waals surface area contributed by atoms with Crippen molar-refractivity contribution in [3.05, 3.63) is 26.4 Å². The summed E-state index contributed by atoms with van der Waals surface area (Å²) < 4.78 is 24.5. The molecule has 1 nitrogen and oxygen atoms in total. The van der Waals surface area contributed by atoms with Crippen LogP contribution in [0.1, 0.15) is 12.1 Å². The molecule has 0 amide bonds. The molecule has 0 saturated carbocycles. The van der Waals surface area contributed by atoms with Crippen molar-refractivity contribution in [2.45, 2.75) is 6.43 Å². The Hall–Kier alpha value is 0.0700. The first-order valence-electron chi connectivity index (χ1n) is 2.82. The minimum absolute atomic E-state index is 0.0576. The van der Waals surface area contributed by atoms with E-state index in [4.69, 9.17) is 23.2 Å². The molecule has 0 spiro atoms. The Labute approximate surface area is 85.8 Å². The summed E-state index contributed by atoms with van der Waals surface area (Å²) in [6.45, 7) is 0. The molecule has 0 aliphatic carbocycles. The Kier molecular flexibility index (Phi) is 3.26. The Morgan fingerprint density at radius 2 is 2.00 bits per heavy atom. The van der Waals surface area contributed by atoms with Crippen LogP contribution in [0.4, 0.5) is 8.78 Å². The van der Waals surface area contributed by atoms with Gasteiger partial charge in [-0.1, -0.05) is 23.2 Å². The van der Waals surface area contributed by atoms with Crippen LogP contribution in [0, 0.1) is 0 Å². The van der Waals surface area contributed by atoms with E-state index in [9.17, 15) is 8.78 Å². The summed E-state index contributed by atoms with van der Waals surface area (Å²) in [6, 6.07) is 1.07. The lowest BCUT2D eigenvalue weighted by Crippen LogP contribution is -1.91. The van der Waals surface area contributed by atoms with Gasteiger partial charge in [0.05, 0.1) is 9.50 Å². The van der Waals surface area contributed by atoms with Gasteiger partial charge in [0.25, 0.3) is 6.43 Å². The SMILES string of the molecule is FC(F)c1cc(Cl)c(Br)c(Cl)n1. The summed E-state index contributed by atoms with van der Waals surface area (Å²) in [7, 11) is 0. The smallest absolute Gasteiger partial charge is 0.234 e. The molecule has 0 aromatic carbocycles. The summed E-state index contributed by atoms with van der Waals surface area (Å²) in [6.07, 6.45) is -2.66. The fourth-order valence-corrected chi connectivity index (χ4v) is 1.25. The van der Waals surface area contributed by atoms with Crippen molar-refractivity contribution in [1.29, 1.82) is 0 Å². The number of aromatic nitrogens is 1. The topological polar surface area (TPSA) is 12.9 Å². The molecule has 0 aliphatic rings. The Balaban J connectivity index is 3.21. The summed E-state index contributed by atoms with van der Waals surface area (Å²) in [5.74, 6) is 0. The molecule has 0 saturated heterocycles. The zero-order valence-electron chi connectivity index (χ0n) is 5.49. The summed E-state index contributed by atoms with van der Waals surface area (Å²) in [4.78, 5) is 3.42. The van der Waals surface area contributed by atoms with Crippen LogP contribution in [-0.2, 0) is 0 Å². The molecule has 0 unspecified atom stereocenters. The van der Waals surface area contributed by atoms with E-state index in [0.717, 1.165) is 6.07 Å². The van der Waals surface area contributed by atoms with Gasteiger partial charge in [-0.05, 0) is 22.0 Å². The third kappa shape index (κ3) is 2.06. The summed E-state index contributed by atoms with van der Waals surface area (Å²) >= 11 is 14.0. The molecule has 1 aromatic rings. The van der Waals surface area contributed by atoms with E-state index in [1.807, 2.05) is 0 Å². The molecule has 0 bridgehead atoms. The molecule has 6 heteroatoms. The van der Waals surface area contributed by atoms with Crippen LogP contribution in [0.5, 0.6) is 0 Å². The van der Waals surface area contributed by atoms with Gasteiger partial charge >= 0.3 is 0 Å². The number of hydrogen-bond donors (Lipinski definition) is 0. The molecular formula is C6H2BrCl2F2N. The van der Waals surface area contributed by atoms with Gasteiger partial charge < -0.3 is 0 Å². The second kappa shape index (κ2) is 3.85. The molecule has 1 heterocycles. The maximum atomic E-state index is 12.1. The van der Waals surface area contributed by atoms with Crippen molar-refractivity contribution < 1.29 is 8.78 Å². The van der Waals surface area contributed by atoms with Crippen molar-refractivity contribution >= 4 is 39.1 Å². The van der Waals surface area contributed by atoms with E-state index in [-0.39, 0.29) is 10.2 Å². The highest BCUT2D eigenvalue weighted by molar-refractivity contribution is 9.10. The normalized spacial score (nSPS) is 10.8. The average molecular weight is 277 g/mol. The number of halogens is 5. The molecule has 0 fully saturated rings. The van der Waals surface area contributed by atoms with E-state index < -0.39 is 12.1 Å². The van der Waals surface area contributed by atoms with Crippen LogP contribution in [0.15, 0.2) is 10.5 Å². The fourth-order valence-electron chi connectivity index (χ4n) is 0.598. The average Bonchev–Trinajstić information content (AvgIpc) is 1.99. The largest absolute Gasteiger partial charge is 0.280 e. The van der Waals surface area contributed by atoms with Gasteiger partial charge in [-0.3, -0.25) is 0 Å². The lowest BCUT2D eigenvalue weighted by molar-refractivity contribution is 0.146. The second-order valence-electron chi connectivity index (χ2n) is 1.93. The first-order valence-corrected chi connectivity index (χ1v) is 4.37. The standard InChI is InChI=1S/C6H2BrCl2F2N/c7-4-2(8)1-3(6(10)11)12-5(4)9/h1,6H. The first kappa shape index (κ1) is 10.2. The highest BCUT2D eigenvalue weighted by Gasteiger charge is 2.13. The molecule has 12 heavy (non-hydrogen) atoms. The van der Waals surface area contributed by atoms with E-state index >= 15 is 0 Å². The van der Waals surface area contributed by atoms with Gasteiger partial charge in [0.2, 0.25) is 0 Å². The highest BCUT2D eigenvalue weighted by Crippen LogP contribution is 2.31. The Morgan fingerprint density at radius 1 is 1.42 bits per heavy atom. The van der Waals surface area contributed by atoms with Crippen molar-refractivity contribution in [1.82, 2.24) is 4.98 Å². The highest BCUT2D eigenvalue weighted by atomic mass is 79.9. The van der Waals surface area contributed by atoms with Crippen molar-refractivity contribution in [2.24, 2.45) is 0 Å². The van der Waals surface area contributed by atoms with Gasteiger partial charge in [-0.25, -0.2) is 13.8 Å². The number of hydrogen-bond acceptors (Lipinski definition) is 1. The summed E-state index contributed by atoms with van der Waals surface area (Å²) in [5, 5.41) is 0.0723. The predicted molar refractivity (Wildman–Crippen MR) is 46.9 cm³/mol. The molecule has 66 valence electrons. The van der Waals surface area contributed by atoms with Gasteiger partial charge in [-0.2, -0.15) is 0 Å². The van der Waals surface area contributed by atoms with Gasteiger partial charge in [0.15, 0.2) is 0 Å². The maximum Gasteiger partial charge on any atom is 0.280 e. The molecule has 0 N–H and O–H groups in total. The lowest BCUT2D eigenvalue weighted by Gasteiger charge is -2.02. The van der Waals surface area contributed by atoms with E-state index in [1.54, 1.807) is 0 Å². The third-order valence-electron chi connectivity index (χ3n) is 1.12. The Bertz CT molecular complexity index is 283. The molecule has 0 atom stereocenters. The number of rotatable bonds is 1. The van der Waals surface area contributed by atoms with Crippen LogP contribution in [-0.4, -0.2) is 4.98 Å². The van der Waals surface area contributed by atoms with E-state index in [1.165, 1.54) is 0 Å². The molecule has 0 radical (unpaired) electrons. The minimum atomic E-state index is -2.66. The van der Waals surface area contributed by atoms with Crippen LogP contribution in [0.25, 0.3) is 0 Å². The number of nitrogens with zero attached hydrogens (tertiary/aromatic N) is 1. The predicted octanol–water partition coefficient (Wildman–Crippen LogP) is 4.09. The zero-order valence-corrected chi connectivity index (χ0v) is 8.59. The maximum absolute atomic E-state index is 12.1. The minimum Gasteiger partial charge on any atom is -0.234 e.